The van der Waals surface area contributed by atoms with E-state index in [-0.39, 0.29) is 5.69 Å². The number of benzene rings is 2. The highest BCUT2D eigenvalue weighted by atomic mass is 79.9. The fraction of sp³-hybridized carbons (Fsp3) is 0. The molecule has 5 nitrogen and oxygen atoms in total. The summed E-state index contributed by atoms with van der Waals surface area (Å²) in [4.78, 5) is 0. The number of tetrazole rings is 1. The van der Waals surface area contributed by atoms with Gasteiger partial charge in [0.15, 0.2) is 5.82 Å². The quantitative estimate of drug-likeness (QED) is 0.653. The van der Waals surface area contributed by atoms with Crippen molar-refractivity contribution in [3.8, 4) is 17.1 Å². The number of nitrogens with two attached hydrogens (primary N) is 1. The van der Waals surface area contributed by atoms with Crippen molar-refractivity contribution in [3.05, 3.63) is 51.2 Å². The second-order valence-corrected chi connectivity index (χ2v) is 6.02. The number of halogens is 3. The number of nitrogen functional groups attached to an aromatic ring is 1. The molecule has 1 heterocycles. The van der Waals surface area contributed by atoms with Crippen LogP contribution in [0.1, 0.15) is 0 Å². The summed E-state index contributed by atoms with van der Waals surface area (Å²) in [5, 5.41) is 11.7. The third kappa shape index (κ3) is 2.68. The minimum atomic E-state index is -0.470. The predicted molar refractivity (Wildman–Crippen MR) is 84.4 cm³/mol. The van der Waals surface area contributed by atoms with Crippen LogP contribution in [0, 0.1) is 5.82 Å². The topological polar surface area (TPSA) is 69.6 Å². The summed E-state index contributed by atoms with van der Waals surface area (Å²) < 4.78 is 16.6. The van der Waals surface area contributed by atoms with Crippen LogP contribution < -0.4 is 5.73 Å². The van der Waals surface area contributed by atoms with E-state index in [1.807, 2.05) is 18.2 Å². The predicted octanol–water partition coefficient (Wildman–Crippen LogP) is 3.58. The summed E-state index contributed by atoms with van der Waals surface area (Å²) in [5.74, 6) is 0.00678. The molecule has 0 saturated heterocycles. The maximum atomic E-state index is 13.3. The van der Waals surface area contributed by atoms with Gasteiger partial charge in [0.2, 0.25) is 0 Å². The number of aromatic nitrogens is 4. The molecule has 0 saturated carbocycles. The van der Waals surface area contributed by atoms with Gasteiger partial charge in [-0.2, -0.15) is 4.68 Å². The Balaban J connectivity index is 2.14. The first-order valence-corrected chi connectivity index (χ1v) is 7.44. The van der Waals surface area contributed by atoms with E-state index in [1.165, 1.54) is 12.1 Å². The van der Waals surface area contributed by atoms with E-state index >= 15 is 0 Å². The van der Waals surface area contributed by atoms with Gasteiger partial charge >= 0.3 is 0 Å². The summed E-state index contributed by atoms with van der Waals surface area (Å²) in [6, 6.07) is 10.0. The lowest BCUT2D eigenvalue weighted by Crippen LogP contribution is -2.01. The van der Waals surface area contributed by atoms with E-state index in [9.17, 15) is 4.39 Å². The summed E-state index contributed by atoms with van der Waals surface area (Å²) in [7, 11) is 0. The molecule has 2 N–H and O–H groups in total. The van der Waals surface area contributed by atoms with Crippen LogP contribution in [-0.2, 0) is 0 Å². The highest BCUT2D eigenvalue weighted by Gasteiger charge is 2.14. The largest absolute Gasteiger partial charge is 0.396 e. The Morgan fingerprint density at radius 3 is 2.62 bits per heavy atom. The first-order chi connectivity index (χ1) is 10.1. The maximum Gasteiger partial charge on any atom is 0.187 e. The van der Waals surface area contributed by atoms with Crippen LogP contribution >= 0.6 is 31.9 Å². The van der Waals surface area contributed by atoms with Gasteiger partial charge < -0.3 is 5.73 Å². The van der Waals surface area contributed by atoms with Gasteiger partial charge in [-0.3, -0.25) is 0 Å². The molecule has 106 valence electrons. The van der Waals surface area contributed by atoms with Crippen molar-refractivity contribution in [3.63, 3.8) is 0 Å². The van der Waals surface area contributed by atoms with E-state index in [2.05, 4.69) is 47.4 Å². The number of rotatable bonds is 2. The summed E-state index contributed by atoms with van der Waals surface area (Å²) in [6.45, 7) is 0. The zero-order valence-corrected chi connectivity index (χ0v) is 13.6. The Kier molecular flexibility index (Phi) is 3.73. The van der Waals surface area contributed by atoms with E-state index in [1.54, 1.807) is 10.7 Å². The fourth-order valence-corrected chi connectivity index (χ4v) is 3.08. The van der Waals surface area contributed by atoms with Crippen LogP contribution in [0.25, 0.3) is 17.1 Å². The third-order valence-corrected chi connectivity index (χ3v) is 3.99. The lowest BCUT2D eigenvalue weighted by atomic mass is 10.2. The monoisotopic (exact) mass is 411 g/mol. The average Bonchev–Trinajstić information content (AvgIpc) is 2.91. The molecule has 0 atom stereocenters. The molecule has 8 heteroatoms. The van der Waals surface area contributed by atoms with Crippen LogP contribution in [0.5, 0.6) is 0 Å². The minimum Gasteiger partial charge on any atom is -0.396 e. The van der Waals surface area contributed by atoms with Crippen molar-refractivity contribution < 1.29 is 4.39 Å². The summed E-state index contributed by atoms with van der Waals surface area (Å²) in [5.41, 5.74) is 7.05. The van der Waals surface area contributed by atoms with Crippen molar-refractivity contribution in [1.82, 2.24) is 20.2 Å². The van der Waals surface area contributed by atoms with Gasteiger partial charge in [0.1, 0.15) is 5.82 Å². The Hall–Kier alpha value is -1.80. The highest BCUT2D eigenvalue weighted by Crippen LogP contribution is 2.28. The van der Waals surface area contributed by atoms with Crippen LogP contribution in [0.4, 0.5) is 10.1 Å². The molecule has 0 aliphatic rings. The molecule has 2 aromatic carbocycles. The van der Waals surface area contributed by atoms with Gasteiger partial charge in [0.25, 0.3) is 0 Å². The van der Waals surface area contributed by atoms with Gasteiger partial charge in [-0.15, -0.1) is 5.10 Å². The average molecular weight is 413 g/mol. The SMILES string of the molecule is Nc1cc(-c2nnnn2-c2ccc(Br)cc2Br)ccc1F. The molecule has 21 heavy (non-hydrogen) atoms. The fourth-order valence-electron chi connectivity index (χ4n) is 1.87. The molecule has 0 aliphatic carbocycles. The molecule has 0 bridgehead atoms. The van der Waals surface area contributed by atoms with Crippen LogP contribution in [0.15, 0.2) is 45.3 Å². The lowest BCUT2D eigenvalue weighted by Gasteiger charge is -2.08. The van der Waals surface area contributed by atoms with Gasteiger partial charge in [-0.1, -0.05) is 15.9 Å². The van der Waals surface area contributed by atoms with Crippen LogP contribution in [0.3, 0.4) is 0 Å². The van der Waals surface area contributed by atoms with Gasteiger partial charge in [-0.05, 0) is 62.8 Å². The van der Waals surface area contributed by atoms with Gasteiger partial charge in [0, 0.05) is 14.5 Å². The number of anilines is 1. The van der Waals surface area contributed by atoms with E-state index in [0.29, 0.717) is 11.4 Å². The number of hydrogen-bond donors (Lipinski definition) is 1. The summed E-state index contributed by atoms with van der Waals surface area (Å²) in [6.07, 6.45) is 0. The Morgan fingerprint density at radius 2 is 1.90 bits per heavy atom. The minimum absolute atomic E-state index is 0.0527. The summed E-state index contributed by atoms with van der Waals surface area (Å²) >= 11 is 6.86. The van der Waals surface area contributed by atoms with Crippen molar-refractivity contribution in [2.24, 2.45) is 0 Å². The van der Waals surface area contributed by atoms with E-state index in [4.69, 9.17) is 5.73 Å². The molecule has 0 fully saturated rings. The molecule has 3 rings (SSSR count). The van der Waals surface area contributed by atoms with Gasteiger partial charge in [-0.25, -0.2) is 4.39 Å². The Labute approximate surface area is 136 Å². The lowest BCUT2D eigenvalue weighted by molar-refractivity contribution is 0.632. The first-order valence-electron chi connectivity index (χ1n) is 5.85. The second kappa shape index (κ2) is 5.53. The molecule has 1 aromatic heterocycles. The number of hydrogen-bond acceptors (Lipinski definition) is 4. The molecule has 0 aliphatic heterocycles. The zero-order chi connectivity index (χ0) is 15.0. The first kappa shape index (κ1) is 14.2. The molecular weight excluding hydrogens is 405 g/mol. The normalized spacial score (nSPS) is 10.8. The number of nitrogens with zero attached hydrogens (tertiary/aromatic N) is 4. The molecule has 0 amide bonds. The molecule has 0 radical (unpaired) electrons. The smallest absolute Gasteiger partial charge is 0.187 e. The highest BCUT2D eigenvalue weighted by molar-refractivity contribution is 9.11. The standard InChI is InChI=1S/C13H8Br2FN5/c14-8-2-4-12(9(15)6-8)21-13(18-19-20-21)7-1-3-10(16)11(17)5-7/h1-6H,17H2. The van der Waals surface area contributed by atoms with Crippen molar-refractivity contribution in [1.29, 1.82) is 0 Å². The Morgan fingerprint density at radius 1 is 1.10 bits per heavy atom. The van der Waals surface area contributed by atoms with Crippen molar-refractivity contribution in [2.75, 3.05) is 5.73 Å². The van der Waals surface area contributed by atoms with Crippen LogP contribution in [-0.4, -0.2) is 20.2 Å². The molecule has 0 spiro atoms. The maximum absolute atomic E-state index is 13.3. The van der Waals surface area contributed by atoms with E-state index < -0.39 is 5.82 Å². The van der Waals surface area contributed by atoms with Crippen molar-refractivity contribution in [2.45, 2.75) is 0 Å². The van der Waals surface area contributed by atoms with Gasteiger partial charge in [0.05, 0.1) is 11.4 Å². The van der Waals surface area contributed by atoms with Crippen molar-refractivity contribution >= 4 is 37.5 Å². The van der Waals surface area contributed by atoms with E-state index in [0.717, 1.165) is 14.6 Å². The zero-order valence-electron chi connectivity index (χ0n) is 10.5. The molecular formula is C13H8Br2FN5. The third-order valence-electron chi connectivity index (χ3n) is 2.86. The molecule has 3 aromatic rings. The van der Waals surface area contributed by atoms with Crippen LogP contribution in [0.2, 0.25) is 0 Å². The molecule has 0 unspecified atom stereocenters. The second-order valence-electron chi connectivity index (χ2n) is 4.25. The Bertz CT molecular complexity index is 818.